The van der Waals surface area contributed by atoms with Gasteiger partial charge in [0, 0.05) is 8.95 Å². The van der Waals surface area contributed by atoms with Gasteiger partial charge < -0.3 is 4.74 Å². The molecule has 1 nitrogen and oxygen atoms in total. The molecule has 0 heterocycles. The van der Waals surface area contributed by atoms with Gasteiger partial charge in [-0.15, -0.1) is 0 Å². The smallest absolute Gasteiger partial charge is 0.0735 e. The predicted molar refractivity (Wildman–Crippen MR) is 85.5 cm³/mol. The average molecular weight is 379 g/mol. The molecular weight excluding hydrogens is 359 g/mol. The second-order valence-corrected chi connectivity index (χ2v) is 6.96. The van der Waals surface area contributed by atoms with Crippen molar-refractivity contribution in [3.05, 3.63) is 34.9 Å². The Hall–Kier alpha value is 0.200. The largest absolute Gasteiger partial charge is 0.372 e. The Kier molecular flexibility index (Phi) is 6.25. The Balaban J connectivity index is 1.89. The summed E-state index contributed by atoms with van der Waals surface area (Å²) < 4.78 is 6.75. The molecule has 2 atom stereocenters. The molecule has 0 radical (unpaired) electrons. The van der Waals surface area contributed by atoms with Crippen LogP contribution in [0, 0.1) is 0 Å². The van der Waals surface area contributed by atoms with Crippen LogP contribution in [0.4, 0.5) is 0 Å². The Bertz CT molecular complexity index is 369. The zero-order chi connectivity index (χ0) is 12.8. The van der Waals surface area contributed by atoms with E-state index in [1.165, 1.54) is 38.5 Å². The molecule has 1 fully saturated rings. The summed E-state index contributed by atoms with van der Waals surface area (Å²) >= 11 is 8.71. The highest BCUT2D eigenvalue weighted by Gasteiger charge is 2.21. The Morgan fingerprint density at radius 3 is 2.61 bits per heavy atom. The number of hydrogen-bond donors (Lipinski definition) is 0. The van der Waals surface area contributed by atoms with Crippen LogP contribution < -0.4 is 0 Å². The van der Waals surface area contributed by atoms with Crippen molar-refractivity contribution in [3.63, 3.8) is 0 Å². The third-order valence-corrected chi connectivity index (χ3v) is 5.33. The van der Waals surface area contributed by atoms with Gasteiger partial charge >= 0.3 is 0 Å². The summed E-state index contributed by atoms with van der Waals surface area (Å²) in [7, 11) is 0. The molecule has 0 aromatic heterocycles. The molecule has 1 aromatic rings. The van der Waals surface area contributed by atoms with Crippen LogP contribution in [0.5, 0.6) is 0 Å². The summed E-state index contributed by atoms with van der Waals surface area (Å²) in [5.74, 6) is 0. The highest BCUT2D eigenvalue weighted by Crippen LogP contribution is 2.27. The number of benzene rings is 1. The Morgan fingerprint density at radius 1 is 1.11 bits per heavy atom. The first-order valence-corrected chi connectivity index (χ1v) is 8.39. The Labute approximate surface area is 128 Å². The van der Waals surface area contributed by atoms with E-state index in [9.17, 15) is 0 Å². The minimum atomic E-state index is 0.391. The molecule has 0 amide bonds. The van der Waals surface area contributed by atoms with Crippen molar-refractivity contribution < 1.29 is 4.74 Å². The first-order chi connectivity index (χ1) is 8.77. The molecule has 0 spiro atoms. The monoisotopic (exact) mass is 378 g/mol. The number of rotatable bonds is 3. The van der Waals surface area contributed by atoms with Gasteiger partial charge in [-0.3, -0.25) is 0 Å². The van der Waals surface area contributed by atoms with Crippen LogP contribution in [0.1, 0.15) is 44.1 Å². The summed E-state index contributed by atoms with van der Waals surface area (Å²) in [6.45, 7) is 0.643. The van der Waals surface area contributed by atoms with E-state index in [-0.39, 0.29) is 0 Å². The molecule has 0 saturated heterocycles. The molecule has 1 aromatic carbocycles. The summed E-state index contributed by atoms with van der Waals surface area (Å²) in [6.07, 6.45) is 8.26. The molecule has 0 bridgehead atoms. The fourth-order valence-electron chi connectivity index (χ4n) is 2.41. The van der Waals surface area contributed by atoms with E-state index >= 15 is 0 Å². The van der Waals surface area contributed by atoms with Gasteiger partial charge in [0.05, 0.1) is 12.7 Å². The molecule has 2 rings (SSSR count). The van der Waals surface area contributed by atoms with Gasteiger partial charge in [-0.05, 0) is 24.5 Å². The fraction of sp³-hybridized carbons (Fsp3) is 0.600. The lowest BCUT2D eigenvalue weighted by atomic mass is 9.98. The molecule has 100 valence electrons. The maximum atomic E-state index is 6.15. The van der Waals surface area contributed by atoms with Crippen molar-refractivity contribution >= 4 is 34.2 Å². The zero-order valence-corrected chi connectivity index (χ0v) is 13.5. The molecule has 1 aliphatic carbocycles. The van der Waals surface area contributed by atoms with Crippen molar-refractivity contribution in [2.45, 2.75) is 55.2 Å². The number of hydrogen-bond acceptors (Lipinski definition) is 1. The van der Waals surface area contributed by atoms with Crippen molar-refractivity contribution in [3.8, 4) is 0 Å². The van der Waals surface area contributed by atoms with Crippen molar-refractivity contribution in [2.75, 3.05) is 0 Å². The maximum absolute atomic E-state index is 6.15. The van der Waals surface area contributed by atoms with Crippen LogP contribution in [-0.2, 0) is 11.3 Å². The molecular formula is C15H20ClIO. The third kappa shape index (κ3) is 4.39. The van der Waals surface area contributed by atoms with Crippen LogP contribution in [0.3, 0.4) is 0 Å². The number of ether oxygens (including phenoxy) is 1. The molecule has 3 heteroatoms. The second-order valence-electron chi connectivity index (χ2n) is 4.95. The minimum absolute atomic E-state index is 0.391. The second kappa shape index (κ2) is 7.71. The first-order valence-electron chi connectivity index (χ1n) is 6.76. The summed E-state index contributed by atoms with van der Waals surface area (Å²) in [4.78, 5) is 0. The maximum Gasteiger partial charge on any atom is 0.0735 e. The summed E-state index contributed by atoms with van der Waals surface area (Å²) in [5, 5.41) is 0.813. The van der Waals surface area contributed by atoms with Crippen molar-refractivity contribution in [1.82, 2.24) is 0 Å². The van der Waals surface area contributed by atoms with Gasteiger partial charge in [0.25, 0.3) is 0 Å². The molecule has 2 unspecified atom stereocenters. The van der Waals surface area contributed by atoms with Crippen molar-refractivity contribution in [1.29, 1.82) is 0 Å². The van der Waals surface area contributed by atoms with E-state index in [4.69, 9.17) is 16.3 Å². The topological polar surface area (TPSA) is 9.23 Å². The van der Waals surface area contributed by atoms with Gasteiger partial charge in [0.15, 0.2) is 0 Å². The van der Waals surface area contributed by atoms with E-state index in [0.717, 1.165) is 10.6 Å². The van der Waals surface area contributed by atoms with E-state index in [1.54, 1.807) is 0 Å². The lowest BCUT2D eigenvalue weighted by Gasteiger charge is -2.25. The molecule has 0 aliphatic heterocycles. The first kappa shape index (κ1) is 14.6. The van der Waals surface area contributed by atoms with Gasteiger partial charge in [-0.2, -0.15) is 0 Å². The van der Waals surface area contributed by atoms with Crippen molar-refractivity contribution in [2.24, 2.45) is 0 Å². The number of halogens is 2. The van der Waals surface area contributed by atoms with Crippen LogP contribution >= 0.6 is 34.2 Å². The summed E-state index contributed by atoms with van der Waals surface area (Å²) in [5.41, 5.74) is 1.10. The van der Waals surface area contributed by atoms with E-state index in [1.807, 2.05) is 24.3 Å². The van der Waals surface area contributed by atoms with E-state index in [2.05, 4.69) is 22.6 Å². The van der Waals surface area contributed by atoms with Crippen LogP contribution in [0.2, 0.25) is 5.02 Å². The van der Waals surface area contributed by atoms with Gasteiger partial charge in [-0.25, -0.2) is 0 Å². The Morgan fingerprint density at radius 2 is 1.83 bits per heavy atom. The molecule has 1 saturated carbocycles. The molecule has 18 heavy (non-hydrogen) atoms. The highest BCUT2D eigenvalue weighted by molar-refractivity contribution is 14.1. The van der Waals surface area contributed by atoms with Crippen LogP contribution in [0.15, 0.2) is 24.3 Å². The van der Waals surface area contributed by atoms with Gasteiger partial charge in [0.1, 0.15) is 0 Å². The minimum Gasteiger partial charge on any atom is -0.372 e. The van der Waals surface area contributed by atoms with E-state index in [0.29, 0.717) is 16.6 Å². The SMILES string of the molecule is Clc1ccccc1COC1CCCCCCC1I. The quantitative estimate of drug-likeness (QED) is 0.506. The average Bonchev–Trinajstić information content (AvgIpc) is 2.35. The lowest BCUT2D eigenvalue weighted by Crippen LogP contribution is -2.25. The normalized spacial score (nSPS) is 25.4. The highest BCUT2D eigenvalue weighted by atomic mass is 127. The summed E-state index contributed by atoms with van der Waals surface area (Å²) in [6, 6.07) is 7.96. The molecule has 1 aliphatic rings. The van der Waals surface area contributed by atoms with Gasteiger partial charge in [0.2, 0.25) is 0 Å². The third-order valence-electron chi connectivity index (χ3n) is 3.53. The van der Waals surface area contributed by atoms with Crippen LogP contribution in [-0.4, -0.2) is 10.0 Å². The fourth-order valence-corrected chi connectivity index (χ4v) is 3.60. The predicted octanol–water partition coefficient (Wildman–Crippen LogP) is 5.38. The lowest BCUT2D eigenvalue weighted by molar-refractivity contribution is 0.0309. The van der Waals surface area contributed by atoms with Gasteiger partial charge in [-0.1, -0.05) is 78.1 Å². The zero-order valence-electron chi connectivity index (χ0n) is 10.6. The molecule has 0 N–H and O–H groups in total. The number of alkyl halides is 1. The standard InChI is InChI=1S/C15H20ClIO/c16-13-8-6-5-7-12(13)11-18-15-10-4-2-1-3-9-14(15)17/h5-8,14-15H,1-4,9-11H2. The van der Waals surface area contributed by atoms with E-state index < -0.39 is 0 Å². The van der Waals surface area contributed by atoms with Crippen LogP contribution in [0.25, 0.3) is 0 Å².